The first-order chi connectivity index (χ1) is 8.66. The van der Waals surface area contributed by atoms with Gasteiger partial charge in [0.25, 0.3) is 0 Å². The minimum absolute atomic E-state index is 0.217. The fraction of sp³-hybridized carbons (Fsp3) is 0.267. The lowest BCUT2D eigenvalue weighted by Crippen LogP contribution is -2.24. The maximum Gasteiger partial charge on any atom is 0.218 e. The van der Waals surface area contributed by atoms with Crippen molar-refractivity contribution < 1.29 is 4.79 Å². The Morgan fingerprint density at radius 2 is 1.94 bits per heavy atom. The molecule has 2 aromatic carbocycles. The Labute approximate surface area is 107 Å². The van der Waals surface area contributed by atoms with Crippen molar-refractivity contribution in [2.75, 3.05) is 6.54 Å². The molecule has 0 aliphatic rings. The molecule has 3 nitrogen and oxygen atoms in total. The second-order valence-corrected chi connectivity index (χ2v) is 4.50. The van der Waals surface area contributed by atoms with Crippen LogP contribution in [0.5, 0.6) is 0 Å². The lowest BCUT2D eigenvalue weighted by atomic mass is 10.0. The summed E-state index contributed by atoms with van der Waals surface area (Å²) in [5.41, 5.74) is 6.33. The van der Waals surface area contributed by atoms with Gasteiger partial charge in [0.15, 0.2) is 0 Å². The third-order valence-electron chi connectivity index (χ3n) is 3.10. The number of benzene rings is 2. The Balaban J connectivity index is 2.08. The molecule has 0 heterocycles. The Bertz CT molecular complexity index is 551. The number of carbonyl (C=O) groups is 1. The highest BCUT2D eigenvalue weighted by Crippen LogP contribution is 2.20. The average Bonchev–Trinajstić information content (AvgIpc) is 2.37. The molecule has 0 saturated carbocycles. The molecule has 0 bridgehead atoms. The number of nitrogens with two attached hydrogens (primary N) is 1. The monoisotopic (exact) mass is 242 g/mol. The van der Waals surface area contributed by atoms with Crippen molar-refractivity contribution in [1.29, 1.82) is 0 Å². The van der Waals surface area contributed by atoms with E-state index in [1.54, 1.807) is 0 Å². The zero-order valence-corrected chi connectivity index (χ0v) is 10.5. The van der Waals surface area contributed by atoms with Crippen molar-refractivity contribution in [3.63, 3.8) is 0 Å². The summed E-state index contributed by atoms with van der Waals surface area (Å²) in [4.78, 5) is 10.7. The van der Waals surface area contributed by atoms with Crippen LogP contribution in [-0.4, -0.2) is 12.5 Å². The highest BCUT2D eigenvalue weighted by atomic mass is 16.1. The Morgan fingerprint density at radius 1 is 1.22 bits per heavy atom. The van der Waals surface area contributed by atoms with Crippen LogP contribution in [0.1, 0.15) is 24.9 Å². The minimum atomic E-state index is -0.270. The second-order valence-electron chi connectivity index (χ2n) is 4.50. The fourth-order valence-electron chi connectivity index (χ4n) is 2.01. The number of hydrogen-bond donors (Lipinski definition) is 2. The molecule has 0 aliphatic heterocycles. The summed E-state index contributed by atoms with van der Waals surface area (Å²) in [6.07, 6.45) is 0.373. The summed E-state index contributed by atoms with van der Waals surface area (Å²) in [7, 11) is 0. The largest absolute Gasteiger partial charge is 0.370 e. The summed E-state index contributed by atoms with van der Waals surface area (Å²) < 4.78 is 0. The summed E-state index contributed by atoms with van der Waals surface area (Å²) in [6.45, 7) is 2.70. The number of carbonyl (C=O) groups excluding carboxylic acids is 1. The molecule has 0 aromatic heterocycles. The van der Waals surface area contributed by atoms with Gasteiger partial charge in [-0.2, -0.15) is 0 Å². The second kappa shape index (κ2) is 5.65. The van der Waals surface area contributed by atoms with Crippen LogP contribution >= 0.6 is 0 Å². The molecule has 18 heavy (non-hydrogen) atoms. The predicted octanol–water partition coefficient (Wildman–Crippen LogP) is 2.37. The van der Waals surface area contributed by atoms with Gasteiger partial charge < -0.3 is 11.1 Å². The number of fused-ring (bicyclic) bond motifs is 1. The maximum absolute atomic E-state index is 10.7. The van der Waals surface area contributed by atoms with Crippen LogP contribution in [0.3, 0.4) is 0 Å². The van der Waals surface area contributed by atoms with Crippen molar-refractivity contribution in [1.82, 2.24) is 5.32 Å². The van der Waals surface area contributed by atoms with Crippen molar-refractivity contribution in [3.8, 4) is 0 Å². The summed E-state index contributed by atoms with van der Waals surface area (Å²) in [5.74, 6) is -0.270. The molecule has 2 aromatic rings. The van der Waals surface area contributed by atoms with Crippen molar-refractivity contribution in [3.05, 3.63) is 48.0 Å². The third-order valence-corrected chi connectivity index (χ3v) is 3.10. The Kier molecular flexibility index (Phi) is 3.95. The average molecular weight is 242 g/mol. The summed E-state index contributed by atoms with van der Waals surface area (Å²) >= 11 is 0. The SMILES string of the molecule is CC(NCCC(N)=O)c1ccc2ccccc2c1. The Morgan fingerprint density at radius 3 is 2.67 bits per heavy atom. The molecule has 3 N–H and O–H groups in total. The molecule has 3 heteroatoms. The first-order valence-corrected chi connectivity index (χ1v) is 6.17. The number of amides is 1. The fourth-order valence-corrected chi connectivity index (χ4v) is 2.01. The van der Waals surface area contributed by atoms with Crippen LogP contribution in [0.2, 0.25) is 0 Å². The first kappa shape index (κ1) is 12.6. The molecule has 1 unspecified atom stereocenters. The van der Waals surface area contributed by atoms with Crippen molar-refractivity contribution in [2.24, 2.45) is 5.73 Å². The quantitative estimate of drug-likeness (QED) is 0.845. The topological polar surface area (TPSA) is 55.1 Å². The summed E-state index contributed by atoms with van der Waals surface area (Å²) in [6, 6.07) is 14.9. The normalized spacial score (nSPS) is 12.5. The van der Waals surface area contributed by atoms with E-state index in [0.717, 1.165) is 0 Å². The molecular weight excluding hydrogens is 224 g/mol. The van der Waals surface area contributed by atoms with Gasteiger partial charge in [0.2, 0.25) is 5.91 Å². The van der Waals surface area contributed by atoms with E-state index in [1.807, 2.05) is 12.1 Å². The van der Waals surface area contributed by atoms with Crippen LogP contribution in [0.25, 0.3) is 10.8 Å². The molecule has 1 amide bonds. The van der Waals surface area contributed by atoms with Gasteiger partial charge in [0, 0.05) is 19.0 Å². The molecule has 0 saturated heterocycles. The van der Waals surface area contributed by atoms with Crippen molar-refractivity contribution >= 4 is 16.7 Å². The van der Waals surface area contributed by atoms with E-state index in [4.69, 9.17) is 5.73 Å². The van der Waals surface area contributed by atoms with E-state index in [2.05, 4.69) is 42.6 Å². The smallest absolute Gasteiger partial charge is 0.218 e. The van der Waals surface area contributed by atoms with E-state index in [0.29, 0.717) is 13.0 Å². The molecule has 1 atom stereocenters. The zero-order chi connectivity index (χ0) is 13.0. The highest BCUT2D eigenvalue weighted by Gasteiger charge is 2.05. The molecule has 0 spiro atoms. The lowest BCUT2D eigenvalue weighted by Gasteiger charge is -2.14. The number of nitrogens with one attached hydrogen (secondary N) is 1. The summed E-state index contributed by atoms with van der Waals surface area (Å²) in [5, 5.41) is 5.77. The van der Waals surface area contributed by atoms with Crippen molar-refractivity contribution in [2.45, 2.75) is 19.4 Å². The van der Waals surface area contributed by atoms with Crippen LogP contribution in [0, 0.1) is 0 Å². The maximum atomic E-state index is 10.7. The molecule has 2 rings (SSSR count). The van der Waals surface area contributed by atoms with Crippen LogP contribution in [0.15, 0.2) is 42.5 Å². The van der Waals surface area contributed by atoms with Gasteiger partial charge in [-0.15, -0.1) is 0 Å². The van der Waals surface area contributed by atoms with E-state index in [1.165, 1.54) is 16.3 Å². The molecule has 0 aliphatic carbocycles. The zero-order valence-electron chi connectivity index (χ0n) is 10.5. The molecular formula is C15H18N2O. The van der Waals surface area contributed by atoms with Gasteiger partial charge in [-0.05, 0) is 29.3 Å². The van der Waals surface area contributed by atoms with Gasteiger partial charge in [-0.25, -0.2) is 0 Å². The third kappa shape index (κ3) is 3.08. The van der Waals surface area contributed by atoms with Crippen LogP contribution < -0.4 is 11.1 Å². The molecule has 0 fully saturated rings. The van der Waals surface area contributed by atoms with Gasteiger partial charge in [-0.1, -0.05) is 36.4 Å². The number of hydrogen-bond acceptors (Lipinski definition) is 2. The minimum Gasteiger partial charge on any atom is -0.370 e. The predicted molar refractivity (Wildman–Crippen MR) is 74.2 cm³/mol. The standard InChI is InChI=1S/C15H18N2O/c1-11(17-9-8-15(16)18)13-7-6-12-4-2-3-5-14(12)10-13/h2-7,10-11,17H,8-9H2,1H3,(H2,16,18). The van der Waals surface area contributed by atoms with Gasteiger partial charge in [0.1, 0.15) is 0 Å². The van der Waals surface area contributed by atoms with Gasteiger partial charge >= 0.3 is 0 Å². The van der Waals surface area contributed by atoms with E-state index in [-0.39, 0.29) is 11.9 Å². The first-order valence-electron chi connectivity index (χ1n) is 6.17. The highest BCUT2D eigenvalue weighted by molar-refractivity contribution is 5.83. The number of primary amides is 1. The molecule has 0 radical (unpaired) electrons. The van der Waals surface area contributed by atoms with E-state index < -0.39 is 0 Å². The van der Waals surface area contributed by atoms with Gasteiger partial charge in [0.05, 0.1) is 0 Å². The van der Waals surface area contributed by atoms with E-state index >= 15 is 0 Å². The van der Waals surface area contributed by atoms with Gasteiger partial charge in [-0.3, -0.25) is 4.79 Å². The Hall–Kier alpha value is -1.87. The number of rotatable bonds is 5. The lowest BCUT2D eigenvalue weighted by molar-refractivity contribution is -0.117. The molecule has 94 valence electrons. The van der Waals surface area contributed by atoms with Crippen LogP contribution in [-0.2, 0) is 4.79 Å². The van der Waals surface area contributed by atoms with Crippen LogP contribution in [0.4, 0.5) is 0 Å². The van der Waals surface area contributed by atoms with E-state index in [9.17, 15) is 4.79 Å².